The lowest BCUT2D eigenvalue weighted by Gasteiger charge is -1.96. The van der Waals surface area contributed by atoms with E-state index < -0.39 is 6.43 Å². The molecule has 0 saturated heterocycles. The molecule has 1 rings (SSSR count). The third-order valence-electron chi connectivity index (χ3n) is 1.05. The maximum absolute atomic E-state index is 11.8. The molecule has 0 N–H and O–H groups in total. The summed E-state index contributed by atoms with van der Waals surface area (Å²) in [5, 5.41) is 0. The van der Waals surface area contributed by atoms with Crippen molar-refractivity contribution in [1.29, 1.82) is 0 Å². The summed E-state index contributed by atoms with van der Waals surface area (Å²) in [5.74, 6) is -0.185. The van der Waals surface area contributed by atoms with Crippen LogP contribution in [0, 0.1) is 0 Å². The van der Waals surface area contributed by atoms with Gasteiger partial charge in [0, 0.05) is 19.4 Å². The molecule has 2 nitrogen and oxygen atoms in total. The summed E-state index contributed by atoms with van der Waals surface area (Å²) >= 11 is 0. The van der Waals surface area contributed by atoms with Gasteiger partial charge in [-0.15, -0.1) is 0 Å². The van der Waals surface area contributed by atoms with E-state index in [1.165, 1.54) is 24.0 Å². The minimum absolute atomic E-state index is 0.185. The highest BCUT2D eigenvalue weighted by atomic mass is 19.3. The number of aromatic nitrogens is 2. The number of nitrogens with zero attached hydrogens (tertiary/aromatic N) is 2. The van der Waals surface area contributed by atoms with Crippen LogP contribution in [0.3, 0.4) is 0 Å². The van der Waals surface area contributed by atoms with Gasteiger partial charge in [0.1, 0.15) is 0 Å². The van der Waals surface area contributed by atoms with Gasteiger partial charge in [-0.25, -0.2) is 13.8 Å². The molecule has 0 unspecified atom stereocenters. The fraction of sp³-hybridized carbons (Fsp3) is 0.400. The number of halogens is 2. The van der Waals surface area contributed by atoms with Gasteiger partial charge in [0.2, 0.25) is 0 Å². The minimum atomic E-state index is -2.47. The Hall–Kier alpha value is -0.930. The van der Waals surface area contributed by atoms with E-state index in [0.717, 1.165) is 0 Å². The molecule has 1 heterocycles. The average molecular weight is 132 g/mol. The maximum Gasteiger partial charge on any atom is 0.295 e. The minimum Gasteiger partial charge on any atom is -0.333 e. The second-order valence-electron chi connectivity index (χ2n) is 1.70. The van der Waals surface area contributed by atoms with Crippen LogP contribution in [-0.2, 0) is 7.05 Å². The standard InChI is InChI=1S/C5H6F2N2/c1-9-3-2-8-5(9)4(6)7/h2-4H,1H3. The summed E-state index contributed by atoms with van der Waals surface area (Å²) in [6.45, 7) is 0. The van der Waals surface area contributed by atoms with Crippen LogP contribution < -0.4 is 0 Å². The highest BCUT2D eigenvalue weighted by Crippen LogP contribution is 2.14. The molecular formula is C5H6F2N2. The van der Waals surface area contributed by atoms with Gasteiger partial charge in [0.15, 0.2) is 5.82 Å². The van der Waals surface area contributed by atoms with Gasteiger partial charge in [-0.05, 0) is 0 Å². The topological polar surface area (TPSA) is 17.8 Å². The number of hydrogen-bond acceptors (Lipinski definition) is 1. The molecule has 0 bridgehead atoms. The van der Waals surface area contributed by atoms with Gasteiger partial charge >= 0.3 is 0 Å². The number of hydrogen-bond donors (Lipinski definition) is 0. The second kappa shape index (κ2) is 2.13. The van der Waals surface area contributed by atoms with Crippen molar-refractivity contribution < 1.29 is 8.78 Å². The van der Waals surface area contributed by atoms with Crippen molar-refractivity contribution in [3.8, 4) is 0 Å². The van der Waals surface area contributed by atoms with E-state index in [2.05, 4.69) is 4.98 Å². The summed E-state index contributed by atoms with van der Waals surface area (Å²) in [7, 11) is 1.54. The molecule has 0 saturated carbocycles. The van der Waals surface area contributed by atoms with E-state index >= 15 is 0 Å². The first-order valence-corrected chi connectivity index (χ1v) is 2.47. The fourth-order valence-corrected chi connectivity index (χ4v) is 0.587. The van der Waals surface area contributed by atoms with Gasteiger partial charge in [-0.1, -0.05) is 0 Å². The van der Waals surface area contributed by atoms with Crippen molar-refractivity contribution in [2.75, 3.05) is 0 Å². The van der Waals surface area contributed by atoms with E-state index in [4.69, 9.17) is 0 Å². The molecule has 0 aliphatic heterocycles. The van der Waals surface area contributed by atoms with Crippen LogP contribution in [-0.4, -0.2) is 9.55 Å². The summed E-state index contributed by atoms with van der Waals surface area (Å²) in [4.78, 5) is 3.43. The van der Waals surface area contributed by atoms with Crippen molar-refractivity contribution in [1.82, 2.24) is 9.55 Å². The predicted molar refractivity (Wildman–Crippen MR) is 28.2 cm³/mol. The zero-order valence-corrected chi connectivity index (χ0v) is 4.88. The van der Waals surface area contributed by atoms with Crippen LogP contribution in [0.5, 0.6) is 0 Å². The molecular weight excluding hydrogens is 126 g/mol. The molecule has 0 aromatic carbocycles. The predicted octanol–water partition coefficient (Wildman–Crippen LogP) is 1.36. The summed E-state index contributed by atoms with van der Waals surface area (Å²) in [6.07, 6.45) is 0.369. The zero-order chi connectivity index (χ0) is 6.85. The zero-order valence-electron chi connectivity index (χ0n) is 4.88. The van der Waals surface area contributed by atoms with Crippen LogP contribution in [0.1, 0.15) is 12.2 Å². The van der Waals surface area contributed by atoms with Crippen molar-refractivity contribution in [2.45, 2.75) is 6.43 Å². The van der Waals surface area contributed by atoms with Crippen molar-refractivity contribution in [2.24, 2.45) is 7.05 Å². The lowest BCUT2D eigenvalue weighted by molar-refractivity contribution is 0.137. The van der Waals surface area contributed by atoms with Gasteiger partial charge in [0.05, 0.1) is 0 Å². The molecule has 1 aromatic rings. The largest absolute Gasteiger partial charge is 0.333 e. The van der Waals surface area contributed by atoms with Crippen molar-refractivity contribution in [3.63, 3.8) is 0 Å². The van der Waals surface area contributed by atoms with Crippen molar-refractivity contribution in [3.05, 3.63) is 18.2 Å². The third kappa shape index (κ3) is 1.06. The Morgan fingerprint density at radius 2 is 2.33 bits per heavy atom. The molecule has 0 fully saturated rings. The first kappa shape index (κ1) is 6.19. The summed E-state index contributed by atoms with van der Waals surface area (Å²) in [5.41, 5.74) is 0. The molecule has 0 atom stereocenters. The number of imidazole rings is 1. The second-order valence-corrected chi connectivity index (χ2v) is 1.70. The normalized spacial score (nSPS) is 10.7. The maximum atomic E-state index is 11.8. The Kier molecular flexibility index (Phi) is 1.46. The van der Waals surface area contributed by atoms with Crippen LogP contribution in [0.15, 0.2) is 12.4 Å². The molecule has 0 aliphatic carbocycles. The van der Waals surface area contributed by atoms with E-state index in [1.54, 1.807) is 0 Å². The van der Waals surface area contributed by atoms with E-state index in [1.807, 2.05) is 0 Å². The van der Waals surface area contributed by atoms with Crippen LogP contribution in [0.2, 0.25) is 0 Å². The monoisotopic (exact) mass is 132 g/mol. The molecule has 0 radical (unpaired) electrons. The van der Waals surface area contributed by atoms with Gasteiger partial charge < -0.3 is 4.57 Å². The SMILES string of the molecule is Cn1ccnc1C(F)F. The summed E-state index contributed by atoms with van der Waals surface area (Å²) < 4.78 is 24.9. The molecule has 0 spiro atoms. The van der Waals surface area contributed by atoms with Crippen LogP contribution >= 0.6 is 0 Å². The van der Waals surface area contributed by atoms with Gasteiger partial charge in [-0.3, -0.25) is 0 Å². The number of rotatable bonds is 1. The lowest BCUT2D eigenvalue weighted by atomic mass is 10.6. The fourth-order valence-electron chi connectivity index (χ4n) is 0.587. The number of alkyl halides is 2. The Morgan fingerprint density at radius 3 is 2.56 bits per heavy atom. The van der Waals surface area contributed by atoms with Crippen LogP contribution in [0.25, 0.3) is 0 Å². The van der Waals surface area contributed by atoms with E-state index in [-0.39, 0.29) is 5.82 Å². The smallest absolute Gasteiger partial charge is 0.295 e. The molecule has 0 amide bonds. The average Bonchev–Trinajstić information content (AvgIpc) is 2.13. The molecule has 0 aliphatic rings. The molecule has 1 aromatic heterocycles. The van der Waals surface area contributed by atoms with E-state index in [9.17, 15) is 8.78 Å². The molecule has 50 valence electrons. The number of aryl methyl sites for hydroxylation is 1. The van der Waals surface area contributed by atoms with E-state index in [0.29, 0.717) is 0 Å². The Morgan fingerprint density at radius 1 is 1.67 bits per heavy atom. The van der Waals surface area contributed by atoms with Gasteiger partial charge in [0.25, 0.3) is 6.43 Å². The Balaban J connectivity index is 2.94. The molecule has 4 heteroatoms. The first-order valence-electron chi connectivity index (χ1n) is 2.47. The Bertz CT molecular complexity index is 195. The van der Waals surface area contributed by atoms with Crippen molar-refractivity contribution >= 4 is 0 Å². The summed E-state index contributed by atoms with van der Waals surface area (Å²) in [6, 6.07) is 0. The lowest BCUT2D eigenvalue weighted by Crippen LogP contribution is -1.96. The van der Waals surface area contributed by atoms with Gasteiger partial charge in [-0.2, -0.15) is 0 Å². The highest BCUT2D eigenvalue weighted by molar-refractivity contribution is 4.91. The van der Waals surface area contributed by atoms with Crippen LogP contribution in [0.4, 0.5) is 8.78 Å². The first-order chi connectivity index (χ1) is 4.22. The third-order valence-corrected chi connectivity index (χ3v) is 1.05. The highest BCUT2D eigenvalue weighted by Gasteiger charge is 2.10. The quantitative estimate of drug-likeness (QED) is 0.564. The molecule has 9 heavy (non-hydrogen) atoms. The Labute approximate surface area is 51.1 Å².